The number of aliphatic hydroxyl groups excluding tert-OH is 1. The van der Waals surface area contributed by atoms with Gasteiger partial charge in [-0.1, -0.05) is 18.2 Å². The monoisotopic (exact) mass is 426 g/mol. The molecule has 1 unspecified atom stereocenters. The number of ether oxygens (including phenoxy) is 1. The van der Waals surface area contributed by atoms with Gasteiger partial charge in [0.1, 0.15) is 12.0 Å². The van der Waals surface area contributed by atoms with Crippen LogP contribution in [0.5, 0.6) is 5.75 Å². The zero-order valence-corrected chi connectivity index (χ0v) is 18.6. The van der Waals surface area contributed by atoms with Gasteiger partial charge in [0.05, 0.1) is 0 Å². The van der Waals surface area contributed by atoms with E-state index in [1.165, 1.54) is 0 Å². The van der Waals surface area contributed by atoms with Crippen LogP contribution in [-0.2, 0) is 4.79 Å². The number of likely N-dealkylation sites (tertiary alicyclic amines) is 1. The molecule has 0 saturated carbocycles. The lowest BCUT2D eigenvalue weighted by atomic mass is 10.0. The number of hydrogen-bond acceptors (Lipinski definition) is 6. The van der Waals surface area contributed by atoms with Crippen LogP contribution < -0.4 is 21.1 Å². The number of para-hydroxylation sites is 1. The Labute approximate surface area is 184 Å². The van der Waals surface area contributed by atoms with Gasteiger partial charge in [-0.25, -0.2) is 0 Å². The van der Waals surface area contributed by atoms with Gasteiger partial charge in [-0.3, -0.25) is 9.69 Å². The molecule has 0 spiro atoms. The van der Waals surface area contributed by atoms with E-state index in [1.807, 2.05) is 57.2 Å². The van der Waals surface area contributed by atoms with Gasteiger partial charge in [0.15, 0.2) is 6.61 Å². The number of benzene rings is 2. The SMILES string of the molecule is Cc1cc(OCC(=O)NC2CCN(CC(O)Nc3ccccc3)CC2)c(C)c(C)c1N. The largest absolute Gasteiger partial charge is 0.483 e. The zero-order chi connectivity index (χ0) is 22.4. The van der Waals surface area contributed by atoms with Crippen LogP contribution in [0.4, 0.5) is 11.4 Å². The Balaban J connectivity index is 1.39. The number of nitrogen functional groups attached to an aromatic ring is 1. The molecule has 0 bridgehead atoms. The van der Waals surface area contributed by atoms with Gasteiger partial charge in [0.2, 0.25) is 0 Å². The third-order valence-electron chi connectivity index (χ3n) is 5.96. The molecule has 168 valence electrons. The van der Waals surface area contributed by atoms with Crippen molar-refractivity contribution in [2.24, 2.45) is 0 Å². The molecule has 1 amide bonds. The number of carbonyl (C=O) groups excluding carboxylic acids is 1. The molecule has 1 aliphatic heterocycles. The van der Waals surface area contributed by atoms with Crippen LogP contribution in [0, 0.1) is 20.8 Å². The number of hydrogen-bond donors (Lipinski definition) is 4. The molecule has 31 heavy (non-hydrogen) atoms. The maximum Gasteiger partial charge on any atom is 0.258 e. The summed E-state index contributed by atoms with van der Waals surface area (Å²) in [6.45, 7) is 8.05. The standard InChI is InChI=1S/C24H34N4O3/c1-16-13-21(17(2)18(3)24(16)25)31-15-23(30)27-20-9-11-28(12-10-20)14-22(29)26-19-7-5-4-6-8-19/h4-8,13,20,22,26,29H,9-12,14-15,25H2,1-3H3,(H,27,30). The van der Waals surface area contributed by atoms with E-state index < -0.39 is 6.23 Å². The Morgan fingerprint density at radius 3 is 2.55 bits per heavy atom. The Morgan fingerprint density at radius 1 is 1.19 bits per heavy atom. The van der Waals surface area contributed by atoms with Crippen LogP contribution in [0.1, 0.15) is 29.5 Å². The highest BCUT2D eigenvalue weighted by Crippen LogP contribution is 2.29. The van der Waals surface area contributed by atoms with Crippen LogP contribution in [0.15, 0.2) is 36.4 Å². The number of rotatable bonds is 8. The molecular formula is C24H34N4O3. The van der Waals surface area contributed by atoms with Crippen molar-refractivity contribution in [2.75, 3.05) is 37.3 Å². The van der Waals surface area contributed by atoms with Crippen LogP contribution >= 0.6 is 0 Å². The summed E-state index contributed by atoms with van der Waals surface area (Å²) in [5.74, 6) is 0.588. The first-order chi connectivity index (χ1) is 14.8. The van der Waals surface area contributed by atoms with Crippen LogP contribution in [-0.4, -0.2) is 54.4 Å². The first kappa shape index (κ1) is 22.9. The number of aliphatic hydroxyl groups is 1. The topological polar surface area (TPSA) is 99.8 Å². The highest BCUT2D eigenvalue weighted by atomic mass is 16.5. The van der Waals surface area contributed by atoms with Crippen molar-refractivity contribution in [3.8, 4) is 5.75 Å². The molecule has 3 rings (SSSR count). The van der Waals surface area contributed by atoms with Crippen molar-refractivity contribution in [1.82, 2.24) is 10.2 Å². The number of carbonyl (C=O) groups is 1. The molecule has 1 atom stereocenters. The van der Waals surface area contributed by atoms with E-state index in [2.05, 4.69) is 15.5 Å². The molecule has 1 heterocycles. The average molecular weight is 427 g/mol. The number of β-amino-alcohol motifs (C(OH)–C–C–N with tert-alkyl or cyclic N) is 1. The van der Waals surface area contributed by atoms with Crippen LogP contribution in [0.25, 0.3) is 0 Å². The number of piperidine rings is 1. The minimum Gasteiger partial charge on any atom is -0.483 e. The predicted molar refractivity (Wildman–Crippen MR) is 124 cm³/mol. The second-order valence-electron chi connectivity index (χ2n) is 8.31. The second-order valence-corrected chi connectivity index (χ2v) is 8.31. The summed E-state index contributed by atoms with van der Waals surface area (Å²) in [6.07, 6.45) is 1.07. The van der Waals surface area contributed by atoms with Crippen molar-refractivity contribution in [2.45, 2.75) is 45.9 Å². The fraction of sp³-hybridized carbons (Fsp3) is 0.458. The average Bonchev–Trinajstić information content (AvgIpc) is 2.76. The summed E-state index contributed by atoms with van der Waals surface area (Å²) in [7, 11) is 0. The van der Waals surface area contributed by atoms with E-state index in [4.69, 9.17) is 10.5 Å². The van der Waals surface area contributed by atoms with E-state index in [-0.39, 0.29) is 18.6 Å². The van der Waals surface area contributed by atoms with Crippen molar-refractivity contribution in [1.29, 1.82) is 0 Å². The first-order valence-corrected chi connectivity index (χ1v) is 10.8. The van der Waals surface area contributed by atoms with Crippen LogP contribution in [0.3, 0.4) is 0 Å². The summed E-state index contributed by atoms with van der Waals surface area (Å²) in [6, 6.07) is 11.7. The van der Waals surface area contributed by atoms with E-state index >= 15 is 0 Å². The Kier molecular flexibility index (Phi) is 7.76. The Bertz CT molecular complexity index is 880. The van der Waals surface area contributed by atoms with Crippen LogP contribution in [0.2, 0.25) is 0 Å². The fourth-order valence-corrected chi connectivity index (χ4v) is 3.90. The molecule has 0 aliphatic carbocycles. The third kappa shape index (κ3) is 6.35. The maximum atomic E-state index is 12.4. The lowest BCUT2D eigenvalue weighted by Gasteiger charge is -2.33. The molecule has 0 aromatic heterocycles. The van der Waals surface area contributed by atoms with E-state index in [9.17, 15) is 9.90 Å². The quantitative estimate of drug-likeness (QED) is 0.382. The summed E-state index contributed by atoms with van der Waals surface area (Å²) < 4.78 is 5.77. The molecular weight excluding hydrogens is 392 g/mol. The normalized spacial score (nSPS) is 16.0. The molecule has 2 aromatic carbocycles. The van der Waals surface area contributed by atoms with Gasteiger partial charge in [-0.15, -0.1) is 0 Å². The minimum atomic E-state index is -0.628. The number of nitrogens with two attached hydrogens (primary N) is 1. The predicted octanol–water partition coefficient (Wildman–Crippen LogP) is 2.58. The smallest absolute Gasteiger partial charge is 0.258 e. The maximum absolute atomic E-state index is 12.4. The van der Waals surface area contributed by atoms with E-state index in [0.29, 0.717) is 12.3 Å². The Hall–Kier alpha value is -2.77. The minimum absolute atomic E-state index is 0.0104. The Morgan fingerprint density at radius 2 is 1.87 bits per heavy atom. The van der Waals surface area contributed by atoms with Crippen molar-refractivity contribution in [3.63, 3.8) is 0 Å². The summed E-state index contributed by atoms with van der Waals surface area (Å²) in [5, 5.41) is 16.4. The molecule has 0 radical (unpaired) electrons. The fourth-order valence-electron chi connectivity index (χ4n) is 3.90. The first-order valence-electron chi connectivity index (χ1n) is 10.8. The number of amides is 1. The molecule has 2 aromatic rings. The van der Waals surface area contributed by atoms with E-state index in [0.717, 1.165) is 54.0 Å². The number of aryl methyl sites for hydroxylation is 1. The second kappa shape index (κ2) is 10.5. The van der Waals surface area contributed by atoms with Crippen molar-refractivity contribution < 1.29 is 14.6 Å². The summed E-state index contributed by atoms with van der Waals surface area (Å²) in [5.41, 5.74) is 10.6. The van der Waals surface area contributed by atoms with Gasteiger partial charge in [-0.2, -0.15) is 0 Å². The molecule has 1 aliphatic rings. The third-order valence-corrected chi connectivity index (χ3v) is 5.96. The van der Waals surface area contributed by atoms with Gasteiger partial charge in [0.25, 0.3) is 5.91 Å². The van der Waals surface area contributed by atoms with Gasteiger partial charge < -0.3 is 26.2 Å². The highest BCUT2D eigenvalue weighted by Gasteiger charge is 2.22. The summed E-state index contributed by atoms with van der Waals surface area (Å²) >= 11 is 0. The van der Waals surface area contributed by atoms with Gasteiger partial charge in [0, 0.05) is 37.1 Å². The lowest BCUT2D eigenvalue weighted by Crippen LogP contribution is -2.48. The lowest BCUT2D eigenvalue weighted by molar-refractivity contribution is -0.124. The molecule has 7 nitrogen and oxygen atoms in total. The number of nitrogens with one attached hydrogen (secondary N) is 2. The van der Waals surface area contributed by atoms with Gasteiger partial charge in [-0.05, 0) is 68.5 Å². The molecule has 1 saturated heterocycles. The molecule has 1 fully saturated rings. The molecule has 5 N–H and O–H groups in total. The summed E-state index contributed by atoms with van der Waals surface area (Å²) in [4.78, 5) is 14.6. The number of anilines is 2. The number of nitrogens with zero attached hydrogens (tertiary/aromatic N) is 1. The highest BCUT2D eigenvalue weighted by molar-refractivity contribution is 5.78. The molecule has 7 heteroatoms. The van der Waals surface area contributed by atoms with Crippen molar-refractivity contribution in [3.05, 3.63) is 53.1 Å². The zero-order valence-electron chi connectivity index (χ0n) is 18.6. The van der Waals surface area contributed by atoms with Crippen molar-refractivity contribution >= 4 is 17.3 Å². The van der Waals surface area contributed by atoms with E-state index in [1.54, 1.807) is 0 Å². The van der Waals surface area contributed by atoms with Gasteiger partial charge >= 0.3 is 0 Å².